The molecule has 0 amide bonds. The summed E-state index contributed by atoms with van der Waals surface area (Å²) in [4.78, 5) is 12.0. The number of carbonyl (C=O) groups is 1. The molecule has 0 spiro atoms. The first-order chi connectivity index (χ1) is 9.33. The number of hydrogen-bond acceptors (Lipinski definition) is 2. The maximum Gasteiger partial charge on any atom is 0.188 e. The maximum absolute atomic E-state index is 12.0. The van der Waals surface area contributed by atoms with E-state index in [4.69, 9.17) is 4.74 Å². The summed E-state index contributed by atoms with van der Waals surface area (Å²) in [7, 11) is 0. The summed E-state index contributed by atoms with van der Waals surface area (Å²) in [5.74, 6) is 0.0995. The van der Waals surface area contributed by atoms with Crippen LogP contribution in [0, 0.1) is 0 Å². The molecule has 1 heterocycles. The summed E-state index contributed by atoms with van der Waals surface area (Å²) in [5.41, 5.74) is 4.39. The minimum atomic E-state index is 0.0995. The van der Waals surface area contributed by atoms with E-state index in [0.29, 0.717) is 6.61 Å². The van der Waals surface area contributed by atoms with Crippen LogP contribution in [0.25, 0.3) is 0 Å². The van der Waals surface area contributed by atoms with Crippen LogP contribution in [-0.2, 0) is 17.6 Å². The number of Topliss-reactive ketones (excluding diaryl/α,β-unsaturated/α-hetero) is 1. The van der Waals surface area contributed by atoms with Crippen molar-refractivity contribution in [1.29, 1.82) is 0 Å². The molecule has 1 aliphatic rings. The highest BCUT2D eigenvalue weighted by atomic mass is 16.5. The van der Waals surface area contributed by atoms with Gasteiger partial charge in [0.2, 0.25) is 0 Å². The van der Waals surface area contributed by atoms with Crippen LogP contribution >= 0.6 is 0 Å². The van der Waals surface area contributed by atoms with Gasteiger partial charge in [0, 0.05) is 5.56 Å². The number of fused-ring (bicyclic) bond motifs is 1. The monoisotopic (exact) mass is 252 g/mol. The van der Waals surface area contributed by atoms with Crippen LogP contribution < -0.4 is 0 Å². The molecule has 96 valence electrons. The lowest BCUT2D eigenvalue weighted by Crippen LogP contribution is -2.07. The Morgan fingerprint density at radius 2 is 1.84 bits per heavy atom. The summed E-state index contributed by atoms with van der Waals surface area (Å²) in [6.45, 7) is 0.846. The Balaban J connectivity index is 1.90. The van der Waals surface area contributed by atoms with Gasteiger partial charge in [0.25, 0.3) is 0 Å². The van der Waals surface area contributed by atoms with E-state index in [9.17, 15) is 4.79 Å². The molecule has 2 nitrogen and oxygen atoms in total. The second-order valence-electron chi connectivity index (χ2n) is 4.88. The third kappa shape index (κ3) is 2.74. The molecular formula is C17H16O2. The van der Waals surface area contributed by atoms with E-state index in [0.717, 1.165) is 24.0 Å². The molecule has 0 aliphatic carbocycles. The van der Waals surface area contributed by atoms with E-state index in [1.165, 1.54) is 11.1 Å². The molecule has 0 atom stereocenters. The standard InChI is InChI=1S/C17H16O2/c18-17-12-19-9-8-15-7-6-14(11-16(15)17)10-13-4-2-1-3-5-13/h1-7,11H,8-10,12H2. The molecule has 19 heavy (non-hydrogen) atoms. The molecule has 0 radical (unpaired) electrons. The molecule has 2 aromatic rings. The average molecular weight is 252 g/mol. The molecule has 2 heteroatoms. The summed E-state index contributed by atoms with van der Waals surface area (Å²) in [6, 6.07) is 16.5. The lowest BCUT2D eigenvalue weighted by atomic mass is 9.96. The molecule has 0 fully saturated rings. The Kier molecular flexibility index (Phi) is 3.43. The van der Waals surface area contributed by atoms with Gasteiger partial charge >= 0.3 is 0 Å². The second-order valence-corrected chi connectivity index (χ2v) is 4.88. The van der Waals surface area contributed by atoms with Crippen LogP contribution in [0.4, 0.5) is 0 Å². The van der Waals surface area contributed by atoms with Gasteiger partial charge in [-0.2, -0.15) is 0 Å². The van der Waals surface area contributed by atoms with Crippen LogP contribution in [-0.4, -0.2) is 19.0 Å². The van der Waals surface area contributed by atoms with Gasteiger partial charge in [-0.1, -0.05) is 42.5 Å². The highest BCUT2D eigenvalue weighted by Crippen LogP contribution is 2.19. The second kappa shape index (κ2) is 5.37. The third-order valence-corrected chi connectivity index (χ3v) is 3.47. The number of ketones is 1. The highest BCUT2D eigenvalue weighted by molar-refractivity contribution is 5.98. The van der Waals surface area contributed by atoms with Crippen molar-refractivity contribution in [1.82, 2.24) is 0 Å². The predicted octanol–water partition coefficient (Wildman–Crippen LogP) is 3.03. The first-order valence-electron chi connectivity index (χ1n) is 6.59. The Hall–Kier alpha value is -1.93. The number of ether oxygens (including phenoxy) is 1. The van der Waals surface area contributed by atoms with Crippen molar-refractivity contribution in [2.24, 2.45) is 0 Å². The maximum atomic E-state index is 12.0. The SMILES string of the molecule is O=C1COCCc2ccc(Cc3ccccc3)cc21. The highest BCUT2D eigenvalue weighted by Gasteiger charge is 2.16. The largest absolute Gasteiger partial charge is 0.373 e. The van der Waals surface area contributed by atoms with E-state index in [1.54, 1.807) is 0 Å². The zero-order valence-electron chi connectivity index (χ0n) is 10.8. The van der Waals surface area contributed by atoms with Gasteiger partial charge in [-0.05, 0) is 35.6 Å². The Morgan fingerprint density at radius 3 is 2.68 bits per heavy atom. The lowest BCUT2D eigenvalue weighted by molar-refractivity contribution is 0.0788. The molecule has 0 aromatic heterocycles. The van der Waals surface area contributed by atoms with Crippen LogP contribution in [0.5, 0.6) is 0 Å². The van der Waals surface area contributed by atoms with Crippen molar-refractivity contribution >= 4 is 5.78 Å². The first-order valence-corrected chi connectivity index (χ1v) is 6.59. The van der Waals surface area contributed by atoms with Crippen molar-refractivity contribution in [3.63, 3.8) is 0 Å². The van der Waals surface area contributed by atoms with Crippen molar-refractivity contribution in [2.45, 2.75) is 12.8 Å². The summed E-state index contributed by atoms with van der Waals surface area (Å²) < 4.78 is 5.30. The third-order valence-electron chi connectivity index (χ3n) is 3.47. The quantitative estimate of drug-likeness (QED) is 0.821. The molecule has 0 saturated carbocycles. The van der Waals surface area contributed by atoms with E-state index in [2.05, 4.69) is 24.3 Å². The van der Waals surface area contributed by atoms with Gasteiger partial charge in [0.05, 0.1) is 6.61 Å². The minimum absolute atomic E-state index is 0.0995. The van der Waals surface area contributed by atoms with Gasteiger partial charge in [0.1, 0.15) is 6.61 Å². The van der Waals surface area contributed by atoms with Gasteiger partial charge in [-0.25, -0.2) is 0 Å². The summed E-state index contributed by atoms with van der Waals surface area (Å²) >= 11 is 0. The summed E-state index contributed by atoms with van der Waals surface area (Å²) in [6.07, 6.45) is 1.69. The fourth-order valence-electron chi connectivity index (χ4n) is 2.47. The van der Waals surface area contributed by atoms with Gasteiger partial charge in [-0.15, -0.1) is 0 Å². The average Bonchev–Trinajstić information content (AvgIpc) is 2.62. The Morgan fingerprint density at radius 1 is 1.00 bits per heavy atom. The van der Waals surface area contributed by atoms with E-state index in [-0.39, 0.29) is 12.4 Å². The van der Waals surface area contributed by atoms with E-state index in [1.807, 2.05) is 24.3 Å². The zero-order valence-corrected chi connectivity index (χ0v) is 10.8. The van der Waals surface area contributed by atoms with E-state index < -0.39 is 0 Å². The van der Waals surface area contributed by atoms with Crippen LogP contribution in [0.15, 0.2) is 48.5 Å². The zero-order chi connectivity index (χ0) is 13.1. The molecule has 0 N–H and O–H groups in total. The Bertz CT molecular complexity index is 587. The van der Waals surface area contributed by atoms with E-state index >= 15 is 0 Å². The molecule has 0 bridgehead atoms. The molecular weight excluding hydrogens is 236 g/mol. The van der Waals surface area contributed by atoms with Crippen LogP contribution in [0.3, 0.4) is 0 Å². The van der Waals surface area contributed by atoms with Gasteiger partial charge < -0.3 is 4.74 Å². The normalized spacial score (nSPS) is 14.8. The smallest absolute Gasteiger partial charge is 0.188 e. The molecule has 0 saturated heterocycles. The van der Waals surface area contributed by atoms with Crippen molar-refractivity contribution < 1.29 is 9.53 Å². The number of carbonyl (C=O) groups excluding carboxylic acids is 1. The van der Waals surface area contributed by atoms with Crippen LogP contribution in [0.1, 0.15) is 27.0 Å². The fraction of sp³-hybridized carbons (Fsp3) is 0.235. The van der Waals surface area contributed by atoms with Crippen molar-refractivity contribution in [3.05, 3.63) is 70.8 Å². The lowest BCUT2D eigenvalue weighted by Gasteiger charge is -2.07. The molecule has 1 aliphatic heterocycles. The van der Waals surface area contributed by atoms with Crippen molar-refractivity contribution in [2.75, 3.05) is 13.2 Å². The topological polar surface area (TPSA) is 26.3 Å². The summed E-state index contributed by atoms with van der Waals surface area (Å²) in [5, 5.41) is 0. The van der Waals surface area contributed by atoms with Crippen LogP contribution in [0.2, 0.25) is 0 Å². The number of hydrogen-bond donors (Lipinski definition) is 0. The number of benzene rings is 2. The molecule has 3 rings (SSSR count). The minimum Gasteiger partial charge on any atom is -0.373 e. The molecule has 2 aromatic carbocycles. The van der Waals surface area contributed by atoms with Gasteiger partial charge in [-0.3, -0.25) is 4.79 Å². The first kappa shape index (κ1) is 12.1. The van der Waals surface area contributed by atoms with Gasteiger partial charge in [0.15, 0.2) is 5.78 Å². The molecule has 0 unspecified atom stereocenters. The Labute approximate surface area is 113 Å². The predicted molar refractivity (Wildman–Crippen MR) is 74.5 cm³/mol. The number of rotatable bonds is 2. The fourth-order valence-corrected chi connectivity index (χ4v) is 2.47. The van der Waals surface area contributed by atoms with Crippen molar-refractivity contribution in [3.8, 4) is 0 Å².